The highest BCUT2D eigenvalue weighted by Crippen LogP contribution is 2.43. The molecular formula is C32H69NO8P+. The van der Waals surface area contributed by atoms with Crippen LogP contribution in [-0.2, 0) is 18.4 Å². The molecule has 0 bridgehead atoms. The number of carboxylic acids is 1. The van der Waals surface area contributed by atoms with E-state index in [0.29, 0.717) is 17.4 Å². The number of hydrogen-bond donors (Lipinski definition) is 4. The van der Waals surface area contributed by atoms with Crippen LogP contribution in [0.3, 0.4) is 0 Å². The lowest BCUT2D eigenvalue weighted by atomic mass is 10.0. The van der Waals surface area contributed by atoms with E-state index in [9.17, 15) is 9.36 Å². The monoisotopic (exact) mass is 626 g/mol. The van der Waals surface area contributed by atoms with Crippen molar-refractivity contribution in [2.45, 2.75) is 154 Å². The zero-order valence-corrected chi connectivity index (χ0v) is 28.7. The lowest BCUT2D eigenvalue weighted by Crippen LogP contribution is -2.37. The van der Waals surface area contributed by atoms with Gasteiger partial charge in [-0.2, -0.15) is 0 Å². The van der Waals surface area contributed by atoms with E-state index in [1.807, 2.05) is 21.1 Å². The molecule has 0 spiro atoms. The van der Waals surface area contributed by atoms with E-state index in [1.165, 1.54) is 122 Å². The molecule has 0 fully saturated rings. The van der Waals surface area contributed by atoms with Crippen LogP contribution in [0, 0.1) is 0 Å². The van der Waals surface area contributed by atoms with Gasteiger partial charge in [-0.05, 0) is 6.42 Å². The Kier molecular flexibility index (Phi) is 31.6. The summed E-state index contributed by atoms with van der Waals surface area (Å²) in [5.74, 6) is -0.650. The molecule has 0 radical (unpaired) electrons. The fraction of sp³-hybridized carbons (Fsp3) is 0.969. The van der Waals surface area contributed by atoms with Crippen molar-refractivity contribution in [1.29, 1.82) is 0 Å². The van der Waals surface area contributed by atoms with Crippen LogP contribution in [0.5, 0.6) is 0 Å². The standard InChI is InChI=1S/C24H48O2.C8H20NO6P/c1-2-3-4-5-6-7-8-9-10-11-12-13-14-15-16-17-18-19-20-21-22-23-24(25)26;1-9(2,3)4-5-14-16(12,13)15-7-8(11)6-10/h2-23H2,1H3,(H,25,26);8,10-11H,4-7H2,1-3H3/p+1. The Balaban J connectivity index is 0. The third kappa shape index (κ3) is 39.5. The van der Waals surface area contributed by atoms with Gasteiger partial charge in [-0.3, -0.25) is 13.8 Å². The number of rotatable bonds is 30. The summed E-state index contributed by atoms with van der Waals surface area (Å²) in [6.07, 6.45) is 27.9. The number of aliphatic hydroxyl groups is 2. The smallest absolute Gasteiger partial charge is 0.472 e. The summed E-state index contributed by atoms with van der Waals surface area (Å²) in [4.78, 5) is 19.6. The summed E-state index contributed by atoms with van der Waals surface area (Å²) in [5, 5.41) is 26.0. The zero-order valence-electron chi connectivity index (χ0n) is 27.8. The van der Waals surface area contributed by atoms with Crippen molar-refractivity contribution in [1.82, 2.24) is 0 Å². The van der Waals surface area contributed by atoms with Crippen LogP contribution in [0.4, 0.5) is 0 Å². The maximum Gasteiger partial charge on any atom is 0.472 e. The van der Waals surface area contributed by atoms with Crippen LogP contribution in [-0.4, -0.2) is 84.3 Å². The number of likely N-dealkylation sites (N-methyl/N-ethyl adjacent to an activating group) is 1. The third-order valence-electron chi connectivity index (χ3n) is 7.15. The van der Waals surface area contributed by atoms with Crippen molar-refractivity contribution < 1.29 is 43.1 Å². The van der Waals surface area contributed by atoms with Gasteiger partial charge in [-0.1, -0.05) is 135 Å². The maximum atomic E-state index is 11.2. The molecule has 9 nitrogen and oxygen atoms in total. The molecule has 0 aromatic heterocycles. The second-order valence-electron chi connectivity index (χ2n) is 12.7. The molecule has 2 atom stereocenters. The van der Waals surface area contributed by atoms with Gasteiger partial charge in [-0.15, -0.1) is 0 Å². The van der Waals surface area contributed by atoms with Gasteiger partial charge in [0.25, 0.3) is 0 Å². The molecule has 10 heteroatoms. The number of unbranched alkanes of at least 4 members (excludes halogenated alkanes) is 20. The Bertz CT molecular complexity index is 630. The van der Waals surface area contributed by atoms with Crippen LogP contribution in [0.1, 0.15) is 148 Å². The molecule has 0 rings (SSSR count). The minimum atomic E-state index is -4.13. The van der Waals surface area contributed by atoms with Gasteiger partial charge in [0.2, 0.25) is 0 Å². The summed E-state index contributed by atoms with van der Waals surface area (Å²) < 4.78 is 21.0. The highest BCUT2D eigenvalue weighted by Gasteiger charge is 2.23. The molecule has 0 saturated carbocycles. The number of carboxylic acid groups (broad SMARTS) is 1. The molecule has 0 aliphatic carbocycles. The Hall–Kier alpha value is -0.540. The van der Waals surface area contributed by atoms with Crippen molar-refractivity contribution in [2.24, 2.45) is 0 Å². The molecule has 0 aromatic carbocycles. The van der Waals surface area contributed by atoms with Gasteiger partial charge in [0.05, 0.1) is 34.4 Å². The van der Waals surface area contributed by atoms with Gasteiger partial charge in [0.15, 0.2) is 0 Å². The lowest BCUT2D eigenvalue weighted by Gasteiger charge is -2.24. The second-order valence-corrected chi connectivity index (χ2v) is 14.1. The van der Waals surface area contributed by atoms with Crippen molar-refractivity contribution >= 4 is 13.8 Å². The molecule has 0 aliphatic heterocycles. The van der Waals surface area contributed by atoms with Gasteiger partial charge in [-0.25, -0.2) is 4.57 Å². The third-order valence-corrected chi connectivity index (χ3v) is 8.14. The Morgan fingerprint density at radius 2 is 1.05 bits per heavy atom. The summed E-state index contributed by atoms with van der Waals surface area (Å²) in [6, 6.07) is 0. The Labute approximate surface area is 258 Å². The van der Waals surface area contributed by atoms with Gasteiger partial charge < -0.3 is 24.7 Å². The van der Waals surface area contributed by atoms with Crippen LogP contribution >= 0.6 is 7.82 Å². The Morgan fingerprint density at radius 1 is 0.690 bits per heavy atom. The first-order valence-corrected chi connectivity index (χ1v) is 18.4. The van der Waals surface area contributed by atoms with E-state index in [4.69, 9.17) is 20.2 Å². The number of aliphatic hydroxyl groups excluding tert-OH is 2. The number of nitrogens with zero attached hydrogens (tertiary/aromatic N) is 1. The number of aliphatic carboxylic acids is 1. The number of hydrogen-bond acceptors (Lipinski definition) is 6. The van der Waals surface area contributed by atoms with Crippen LogP contribution in [0.15, 0.2) is 0 Å². The summed E-state index contributed by atoms with van der Waals surface area (Å²) >= 11 is 0. The molecule has 254 valence electrons. The van der Waals surface area contributed by atoms with Crippen LogP contribution in [0.25, 0.3) is 0 Å². The highest BCUT2D eigenvalue weighted by atomic mass is 31.2. The average molecular weight is 627 g/mol. The molecule has 42 heavy (non-hydrogen) atoms. The first-order valence-electron chi connectivity index (χ1n) is 16.9. The number of quaternary nitrogens is 1. The molecular weight excluding hydrogens is 557 g/mol. The van der Waals surface area contributed by atoms with E-state index >= 15 is 0 Å². The quantitative estimate of drug-likeness (QED) is 0.0360. The number of carbonyl (C=O) groups is 1. The van der Waals surface area contributed by atoms with Gasteiger partial charge in [0.1, 0.15) is 19.3 Å². The number of phosphoric acid groups is 1. The Morgan fingerprint density at radius 3 is 1.36 bits per heavy atom. The van der Waals surface area contributed by atoms with Crippen LogP contribution in [0.2, 0.25) is 0 Å². The molecule has 4 N–H and O–H groups in total. The molecule has 2 unspecified atom stereocenters. The first-order chi connectivity index (χ1) is 19.9. The second kappa shape index (κ2) is 30.5. The SMILES string of the molecule is CCCCCCCCCCCCCCCCCCCCCCCC(=O)O.C[N+](C)(C)CCOP(=O)(O)OCC(O)CO. The predicted molar refractivity (Wildman–Crippen MR) is 173 cm³/mol. The predicted octanol–water partition coefficient (Wildman–Crippen LogP) is 7.85. The lowest BCUT2D eigenvalue weighted by molar-refractivity contribution is -0.870. The van der Waals surface area contributed by atoms with E-state index < -0.39 is 33.1 Å². The van der Waals surface area contributed by atoms with Crippen LogP contribution < -0.4 is 0 Å². The molecule has 0 heterocycles. The van der Waals surface area contributed by atoms with E-state index in [2.05, 4.69) is 16.0 Å². The zero-order chi connectivity index (χ0) is 32.0. The minimum absolute atomic E-state index is 0.0759. The molecule has 0 saturated heterocycles. The van der Waals surface area contributed by atoms with Crippen molar-refractivity contribution in [3.05, 3.63) is 0 Å². The fourth-order valence-corrected chi connectivity index (χ4v) is 5.16. The normalized spacial score (nSPS) is 13.8. The maximum absolute atomic E-state index is 11.2. The summed E-state index contributed by atoms with van der Waals surface area (Å²) in [6.45, 7) is 1.95. The number of phosphoric ester groups is 1. The average Bonchev–Trinajstić information content (AvgIpc) is 2.92. The first kappa shape index (κ1) is 43.6. The van der Waals surface area contributed by atoms with Crippen molar-refractivity contribution in [3.63, 3.8) is 0 Å². The molecule has 0 aromatic rings. The van der Waals surface area contributed by atoms with E-state index in [0.717, 1.165) is 12.8 Å². The van der Waals surface area contributed by atoms with Crippen molar-refractivity contribution in [3.8, 4) is 0 Å². The molecule has 0 amide bonds. The van der Waals surface area contributed by atoms with Gasteiger partial charge >= 0.3 is 13.8 Å². The topological polar surface area (TPSA) is 134 Å². The largest absolute Gasteiger partial charge is 0.481 e. The highest BCUT2D eigenvalue weighted by molar-refractivity contribution is 7.47. The fourth-order valence-electron chi connectivity index (χ4n) is 4.41. The van der Waals surface area contributed by atoms with E-state index in [-0.39, 0.29) is 6.61 Å². The summed E-state index contributed by atoms with van der Waals surface area (Å²) in [5.41, 5.74) is 0. The van der Waals surface area contributed by atoms with Crippen molar-refractivity contribution in [2.75, 3.05) is 47.5 Å². The summed E-state index contributed by atoms with van der Waals surface area (Å²) in [7, 11) is 1.63. The molecule has 0 aliphatic rings. The van der Waals surface area contributed by atoms with Gasteiger partial charge in [0, 0.05) is 6.42 Å². The van der Waals surface area contributed by atoms with E-state index in [1.54, 1.807) is 0 Å². The minimum Gasteiger partial charge on any atom is -0.481 e.